The summed E-state index contributed by atoms with van der Waals surface area (Å²) in [4.78, 5) is 12.5. The molecular formula is C15H12BrClO3. The monoisotopic (exact) mass is 354 g/mol. The Morgan fingerprint density at radius 3 is 2.00 bits per heavy atom. The van der Waals surface area contributed by atoms with Gasteiger partial charge in [0.15, 0.2) is 5.78 Å². The molecule has 0 aliphatic rings. The Balaban J connectivity index is 2.47. The van der Waals surface area contributed by atoms with E-state index in [-0.39, 0.29) is 5.78 Å². The number of rotatable bonds is 4. The zero-order valence-corrected chi connectivity index (χ0v) is 13.3. The van der Waals surface area contributed by atoms with Gasteiger partial charge in [-0.2, -0.15) is 0 Å². The first-order chi connectivity index (χ1) is 9.53. The smallest absolute Gasteiger partial charge is 0.193 e. The lowest BCUT2D eigenvalue weighted by atomic mass is 10.0. The molecule has 0 amide bonds. The quantitative estimate of drug-likeness (QED) is 0.765. The molecule has 104 valence electrons. The van der Waals surface area contributed by atoms with Crippen molar-refractivity contribution in [3.8, 4) is 11.5 Å². The third kappa shape index (κ3) is 3.32. The van der Waals surface area contributed by atoms with Crippen LogP contribution in [0.2, 0.25) is 5.02 Å². The molecular weight excluding hydrogens is 344 g/mol. The van der Waals surface area contributed by atoms with Crippen LogP contribution < -0.4 is 9.47 Å². The molecule has 0 saturated carbocycles. The normalized spacial score (nSPS) is 10.2. The second-order valence-electron chi connectivity index (χ2n) is 4.09. The van der Waals surface area contributed by atoms with Gasteiger partial charge in [0.05, 0.1) is 14.2 Å². The summed E-state index contributed by atoms with van der Waals surface area (Å²) in [6.45, 7) is 0. The Bertz CT molecular complexity index is 613. The van der Waals surface area contributed by atoms with E-state index < -0.39 is 0 Å². The van der Waals surface area contributed by atoms with Gasteiger partial charge in [0.2, 0.25) is 0 Å². The standard InChI is InChI=1S/C15H12BrClO3/c1-19-13-5-10(6-14(8-13)20-2)15(18)9-3-11(16)7-12(17)4-9/h3-8H,1-2H3. The van der Waals surface area contributed by atoms with Crippen LogP contribution in [0.5, 0.6) is 11.5 Å². The number of hydrogen-bond donors (Lipinski definition) is 0. The van der Waals surface area contributed by atoms with E-state index in [0.29, 0.717) is 27.6 Å². The van der Waals surface area contributed by atoms with Gasteiger partial charge in [0.1, 0.15) is 11.5 Å². The third-order valence-corrected chi connectivity index (χ3v) is 3.41. The molecule has 0 aliphatic carbocycles. The number of ketones is 1. The highest BCUT2D eigenvalue weighted by Crippen LogP contribution is 2.26. The molecule has 0 aromatic heterocycles. The topological polar surface area (TPSA) is 35.5 Å². The molecule has 0 bridgehead atoms. The van der Waals surface area contributed by atoms with Gasteiger partial charge in [0.25, 0.3) is 0 Å². The van der Waals surface area contributed by atoms with Gasteiger partial charge < -0.3 is 9.47 Å². The minimum atomic E-state index is -0.148. The van der Waals surface area contributed by atoms with E-state index in [4.69, 9.17) is 21.1 Å². The SMILES string of the molecule is COc1cc(OC)cc(C(=O)c2cc(Cl)cc(Br)c2)c1. The Hall–Kier alpha value is -1.52. The van der Waals surface area contributed by atoms with E-state index >= 15 is 0 Å². The minimum Gasteiger partial charge on any atom is -0.497 e. The van der Waals surface area contributed by atoms with E-state index in [2.05, 4.69) is 15.9 Å². The van der Waals surface area contributed by atoms with Crippen molar-refractivity contribution in [2.75, 3.05) is 14.2 Å². The van der Waals surface area contributed by atoms with Crippen LogP contribution in [0.1, 0.15) is 15.9 Å². The fourth-order valence-corrected chi connectivity index (χ4v) is 2.65. The second-order valence-corrected chi connectivity index (χ2v) is 5.44. The molecule has 0 unspecified atom stereocenters. The Morgan fingerprint density at radius 2 is 1.50 bits per heavy atom. The van der Waals surface area contributed by atoms with Gasteiger partial charge in [-0.25, -0.2) is 0 Å². The highest BCUT2D eigenvalue weighted by molar-refractivity contribution is 9.10. The molecule has 0 saturated heterocycles. The van der Waals surface area contributed by atoms with Crippen molar-refractivity contribution in [3.63, 3.8) is 0 Å². The molecule has 0 radical (unpaired) electrons. The van der Waals surface area contributed by atoms with Crippen molar-refractivity contribution in [1.82, 2.24) is 0 Å². The van der Waals surface area contributed by atoms with Crippen molar-refractivity contribution in [2.45, 2.75) is 0 Å². The zero-order valence-electron chi connectivity index (χ0n) is 10.9. The minimum absolute atomic E-state index is 0.148. The summed E-state index contributed by atoms with van der Waals surface area (Å²) in [6, 6.07) is 10.1. The second kappa shape index (κ2) is 6.29. The van der Waals surface area contributed by atoms with E-state index in [1.54, 1.807) is 50.6 Å². The first kappa shape index (κ1) is 14.9. The molecule has 0 spiro atoms. The molecule has 3 nitrogen and oxygen atoms in total. The predicted molar refractivity (Wildman–Crippen MR) is 82.1 cm³/mol. The van der Waals surface area contributed by atoms with Crippen LogP contribution in [0, 0.1) is 0 Å². The summed E-state index contributed by atoms with van der Waals surface area (Å²) in [5.74, 6) is 0.980. The highest BCUT2D eigenvalue weighted by Gasteiger charge is 2.13. The number of halogens is 2. The van der Waals surface area contributed by atoms with Gasteiger partial charge in [-0.1, -0.05) is 27.5 Å². The first-order valence-corrected chi connectivity index (χ1v) is 6.94. The fraction of sp³-hybridized carbons (Fsp3) is 0.133. The van der Waals surface area contributed by atoms with E-state index in [1.165, 1.54) is 0 Å². The number of carbonyl (C=O) groups excluding carboxylic acids is 1. The number of methoxy groups -OCH3 is 2. The van der Waals surface area contributed by atoms with Gasteiger partial charge in [0, 0.05) is 26.7 Å². The summed E-state index contributed by atoms with van der Waals surface area (Å²) in [5.41, 5.74) is 0.982. The fourth-order valence-electron chi connectivity index (χ4n) is 1.79. The Kier molecular flexibility index (Phi) is 4.68. The van der Waals surface area contributed by atoms with Crippen molar-refractivity contribution >= 4 is 33.3 Å². The summed E-state index contributed by atoms with van der Waals surface area (Å²) >= 11 is 9.29. The maximum atomic E-state index is 12.5. The summed E-state index contributed by atoms with van der Waals surface area (Å²) in [5, 5.41) is 0.498. The van der Waals surface area contributed by atoms with Crippen LogP contribution in [-0.4, -0.2) is 20.0 Å². The Morgan fingerprint density at radius 1 is 0.950 bits per heavy atom. The van der Waals surface area contributed by atoms with E-state index in [1.807, 2.05) is 0 Å². The molecule has 0 N–H and O–H groups in total. The van der Waals surface area contributed by atoms with Crippen molar-refractivity contribution in [2.24, 2.45) is 0 Å². The molecule has 0 heterocycles. The van der Waals surface area contributed by atoms with Gasteiger partial charge >= 0.3 is 0 Å². The van der Waals surface area contributed by atoms with Crippen molar-refractivity contribution < 1.29 is 14.3 Å². The van der Waals surface area contributed by atoms with Crippen LogP contribution in [0.15, 0.2) is 40.9 Å². The lowest BCUT2D eigenvalue weighted by Crippen LogP contribution is -2.02. The van der Waals surface area contributed by atoms with Gasteiger partial charge in [-0.05, 0) is 30.3 Å². The number of ether oxygens (including phenoxy) is 2. The summed E-state index contributed by atoms with van der Waals surface area (Å²) in [7, 11) is 3.08. The predicted octanol–water partition coefficient (Wildman–Crippen LogP) is 4.35. The van der Waals surface area contributed by atoms with Crippen molar-refractivity contribution in [3.05, 3.63) is 57.0 Å². The lowest BCUT2D eigenvalue weighted by Gasteiger charge is -2.08. The number of carbonyl (C=O) groups is 1. The van der Waals surface area contributed by atoms with Gasteiger partial charge in [-0.3, -0.25) is 4.79 Å². The van der Waals surface area contributed by atoms with Crippen LogP contribution in [-0.2, 0) is 0 Å². The number of hydrogen-bond acceptors (Lipinski definition) is 3. The van der Waals surface area contributed by atoms with Gasteiger partial charge in [-0.15, -0.1) is 0 Å². The molecule has 0 atom stereocenters. The van der Waals surface area contributed by atoms with Crippen molar-refractivity contribution in [1.29, 1.82) is 0 Å². The van der Waals surface area contributed by atoms with Crippen LogP contribution in [0.25, 0.3) is 0 Å². The highest BCUT2D eigenvalue weighted by atomic mass is 79.9. The van der Waals surface area contributed by atoms with Crippen LogP contribution in [0.4, 0.5) is 0 Å². The largest absolute Gasteiger partial charge is 0.497 e. The summed E-state index contributed by atoms with van der Waals surface area (Å²) < 4.78 is 11.1. The molecule has 5 heteroatoms. The summed E-state index contributed by atoms with van der Waals surface area (Å²) in [6.07, 6.45) is 0. The molecule has 2 rings (SSSR count). The van der Waals surface area contributed by atoms with Crippen LogP contribution in [0.3, 0.4) is 0 Å². The van der Waals surface area contributed by atoms with E-state index in [9.17, 15) is 4.79 Å². The average Bonchev–Trinajstić information content (AvgIpc) is 2.44. The average molecular weight is 356 g/mol. The zero-order chi connectivity index (χ0) is 14.7. The molecule has 0 aliphatic heterocycles. The maximum absolute atomic E-state index is 12.5. The van der Waals surface area contributed by atoms with Crippen LogP contribution >= 0.6 is 27.5 Å². The molecule has 2 aromatic carbocycles. The molecule has 20 heavy (non-hydrogen) atoms. The van der Waals surface area contributed by atoms with E-state index in [0.717, 1.165) is 4.47 Å². The third-order valence-electron chi connectivity index (χ3n) is 2.74. The molecule has 2 aromatic rings. The Labute approximate surface area is 130 Å². The molecule has 0 fully saturated rings. The first-order valence-electron chi connectivity index (χ1n) is 5.77. The number of benzene rings is 2. The maximum Gasteiger partial charge on any atom is 0.193 e. The lowest BCUT2D eigenvalue weighted by molar-refractivity contribution is 0.103.